The van der Waals surface area contributed by atoms with Gasteiger partial charge in [-0.15, -0.1) is 0 Å². The predicted molar refractivity (Wildman–Crippen MR) is 84.4 cm³/mol. The Morgan fingerprint density at radius 2 is 2.05 bits per heavy atom. The highest BCUT2D eigenvalue weighted by molar-refractivity contribution is 9.10. The Kier molecular flexibility index (Phi) is 4.75. The zero-order valence-electron chi connectivity index (χ0n) is 12.0. The summed E-state index contributed by atoms with van der Waals surface area (Å²) in [7, 11) is -3.82. The molecule has 116 valence electrons. The maximum absolute atomic E-state index is 12.7. The van der Waals surface area contributed by atoms with E-state index in [1.807, 2.05) is 13.8 Å². The summed E-state index contributed by atoms with van der Waals surface area (Å²) >= 11 is 3.31. The molecule has 0 aromatic heterocycles. The third kappa shape index (κ3) is 4.05. The van der Waals surface area contributed by atoms with Crippen molar-refractivity contribution in [2.75, 3.05) is 6.54 Å². The van der Waals surface area contributed by atoms with Crippen LogP contribution in [-0.2, 0) is 10.0 Å². The molecule has 1 aromatic carbocycles. The molecule has 1 saturated carbocycles. The van der Waals surface area contributed by atoms with Crippen LogP contribution in [0.4, 0.5) is 0 Å². The average molecular weight is 375 g/mol. The molecule has 0 spiro atoms. The number of sulfonamides is 1. The molecule has 1 amide bonds. The molecule has 1 aromatic rings. The first-order valence-corrected chi connectivity index (χ1v) is 9.17. The smallest absolute Gasteiger partial charge is 0.255 e. The third-order valence-corrected chi connectivity index (χ3v) is 5.14. The molecule has 0 aliphatic heterocycles. The molecule has 1 aliphatic carbocycles. The second kappa shape index (κ2) is 6.06. The van der Waals surface area contributed by atoms with Gasteiger partial charge in [-0.05, 0) is 66.7 Å². The van der Waals surface area contributed by atoms with Crippen LogP contribution < -0.4 is 5.14 Å². The number of nitrogens with two attached hydrogens (primary N) is 1. The molecule has 5 nitrogen and oxygen atoms in total. The van der Waals surface area contributed by atoms with E-state index in [0.717, 1.165) is 12.8 Å². The zero-order chi connectivity index (χ0) is 15.8. The van der Waals surface area contributed by atoms with Gasteiger partial charge in [0.15, 0.2) is 0 Å². The van der Waals surface area contributed by atoms with Gasteiger partial charge in [-0.3, -0.25) is 4.79 Å². The molecule has 0 unspecified atom stereocenters. The molecular formula is C14H19BrN2O3S. The fourth-order valence-electron chi connectivity index (χ4n) is 2.11. The van der Waals surface area contributed by atoms with Crippen LogP contribution in [0.15, 0.2) is 27.6 Å². The molecule has 0 heterocycles. The Labute approximate surface area is 133 Å². The highest BCUT2D eigenvalue weighted by atomic mass is 79.9. The van der Waals surface area contributed by atoms with Crippen molar-refractivity contribution in [3.63, 3.8) is 0 Å². The second-order valence-corrected chi connectivity index (χ2v) is 8.10. The quantitative estimate of drug-likeness (QED) is 0.858. The van der Waals surface area contributed by atoms with Crippen molar-refractivity contribution in [2.24, 2.45) is 11.1 Å². The molecular weight excluding hydrogens is 356 g/mol. The predicted octanol–water partition coefficient (Wildman–Crippen LogP) is 2.36. The van der Waals surface area contributed by atoms with Crippen LogP contribution in [0.1, 0.15) is 37.0 Å². The minimum atomic E-state index is -3.82. The monoisotopic (exact) mass is 374 g/mol. The summed E-state index contributed by atoms with van der Waals surface area (Å²) in [5.74, 6) is 0.394. The van der Waals surface area contributed by atoms with Gasteiger partial charge >= 0.3 is 0 Å². The van der Waals surface area contributed by atoms with E-state index < -0.39 is 10.0 Å². The fraction of sp³-hybridized carbons (Fsp3) is 0.500. The van der Waals surface area contributed by atoms with Crippen LogP contribution in [0, 0.1) is 5.92 Å². The van der Waals surface area contributed by atoms with Crippen LogP contribution >= 0.6 is 15.9 Å². The summed E-state index contributed by atoms with van der Waals surface area (Å²) in [5.41, 5.74) is 0.330. The number of primary sulfonamides is 1. The van der Waals surface area contributed by atoms with Gasteiger partial charge in [0.1, 0.15) is 0 Å². The molecule has 0 atom stereocenters. The highest BCUT2D eigenvalue weighted by Gasteiger charge is 2.29. The van der Waals surface area contributed by atoms with Crippen molar-refractivity contribution in [1.29, 1.82) is 0 Å². The number of carbonyl (C=O) groups is 1. The van der Waals surface area contributed by atoms with E-state index in [1.165, 1.54) is 12.1 Å². The van der Waals surface area contributed by atoms with Crippen LogP contribution in [0.3, 0.4) is 0 Å². The molecule has 1 aliphatic rings. The van der Waals surface area contributed by atoms with Crippen LogP contribution in [0.25, 0.3) is 0 Å². The normalized spacial score (nSPS) is 15.3. The summed E-state index contributed by atoms with van der Waals surface area (Å²) in [4.78, 5) is 14.4. The minimum absolute atomic E-state index is 0.0517. The maximum atomic E-state index is 12.7. The number of carbonyl (C=O) groups excluding carboxylic acids is 1. The van der Waals surface area contributed by atoms with Crippen molar-refractivity contribution >= 4 is 31.9 Å². The molecule has 2 rings (SSSR count). The number of benzene rings is 1. The number of hydrogen-bond acceptors (Lipinski definition) is 3. The lowest BCUT2D eigenvalue weighted by Gasteiger charge is -2.27. The number of nitrogens with zero attached hydrogens (tertiary/aromatic N) is 1. The second-order valence-electron chi connectivity index (χ2n) is 5.68. The topological polar surface area (TPSA) is 80.5 Å². The van der Waals surface area contributed by atoms with Gasteiger partial charge < -0.3 is 4.90 Å². The Morgan fingerprint density at radius 1 is 1.43 bits per heavy atom. The highest BCUT2D eigenvalue weighted by Crippen LogP contribution is 2.31. The van der Waals surface area contributed by atoms with Crippen LogP contribution in [0.2, 0.25) is 0 Å². The SMILES string of the molecule is CC(C)N(CC1CC1)C(=O)c1cc(S(N)(=O)=O)ccc1Br. The Hall–Kier alpha value is -0.920. The largest absolute Gasteiger partial charge is 0.336 e. The van der Waals surface area contributed by atoms with E-state index in [0.29, 0.717) is 22.5 Å². The van der Waals surface area contributed by atoms with Crippen molar-refractivity contribution in [2.45, 2.75) is 37.6 Å². The summed E-state index contributed by atoms with van der Waals surface area (Å²) in [6, 6.07) is 4.33. The van der Waals surface area contributed by atoms with Crippen molar-refractivity contribution in [3.05, 3.63) is 28.2 Å². The maximum Gasteiger partial charge on any atom is 0.255 e. The number of hydrogen-bond donors (Lipinski definition) is 1. The van der Waals surface area contributed by atoms with E-state index in [4.69, 9.17) is 5.14 Å². The third-order valence-electron chi connectivity index (χ3n) is 3.53. The Bertz CT molecular complexity index is 654. The van der Waals surface area contributed by atoms with E-state index in [9.17, 15) is 13.2 Å². The van der Waals surface area contributed by atoms with Gasteiger partial charge in [0, 0.05) is 17.1 Å². The van der Waals surface area contributed by atoms with Crippen molar-refractivity contribution in [1.82, 2.24) is 4.90 Å². The molecule has 7 heteroatoms. The lowest BCUT2D eigenvalue weighted by Crippen LogP contribution is -2.38. The van der Waals surface area contributed by atoms with Gasteiger partial charge in [-0.25, -0.2) is 13.6 Å². The van der Waals surface area contributed by atoms with Gasteiger partial charge in [0.25, 0.3) is 5.91 Å². The van der Waals surface area contributed by atoms with Gasteiger partial charge in [-0.1, -0.05) is 0 Å². The molecule has 21 heavy (non-hydrogen) atoms. The molecule has 0 radical (unpaired) electrons. The number of halogens is 1. The lowest BCUT2D eigenvalue weighted by molar-refractivity contribution is 0.0695. The summed E-state index contributed by atoms with van der Waals surface area (Å²) in [5, 5.41) is 5.13. The fourth-order valence-corrected chi connectivity index (χ4v) is 3.06. The Morgan fingerprint density at radius 3 is 2.52 bits per heavy atom. The van der Waals surface area contributed by atoms with Crippen molar-refractivity contribution in [3.8, 4) is 0 Å². The first-order valence-electron chi connectivity index (χ1n) is 6.83. The number of amides is 1. The Balaban J connectivity index is 2.36. The summed E-state index contributed by atoms with van der Waals surface area (Å²) < 4.78 is 23.5. The first-order chi connectivity index (χ1) is 9.70. The van der Waals surface area contributed by atoms with E-state index in [-0.39, 0.29) is 16.8 Å². The summed E-state index contributed by atoms with van der Waals surface area (Å²) in [6.45, 7) is 4.62. The minimum Gasteiger partial charge on any atom is -0.336 e. The molecule has 1 fully saturated rings. The molecule has 2 N–H and O–H groups in total. The summed E-state index contributed by atoms with van der Waals surface area (Å²) in [6.07, 6.45) is 2.30. The standard InChI is InChI=1S/C14H19BrN2O3S/c1-9(2)17(8-10-3-4-10)14(18)12-7-11(21(16,19)20)5-6-13(12)15/h5-7,9-10H,3-4,8H2,1-2H3,(H2,16,19,20). The van der Waals surface area contributed by atoms with Gasteiger partial charge in [-0.2, -0.15) is 0 Å². The van der Waals surface area contributed by atoms with Gasteiger partial charge in [0.05, 0.1) is 10.5 Å². The average Bonchev–Trinajstić information content (AvgIpc) is 3.18. The first kappa shape index (κ1) is 16.5. The van der Waals surface area contributed by atoms with Crippen molar-refractivity contribution < 1.29 is 13.2 Å². The van der Waals surface area contributed by atoms with Gasteiger partial charge in [0.2, 0.25) is 10.0 Å². The van der Waals surface area contributed by atoms with Crippen LogP contribution in [0.5, 0.6) is 0 Å². The number of rotatable bonds is 5. The molecule has 0 bridgehead atoms. The lowest BCUT2D eigenvalue weighted by atomic mass is 10.1. The van der Waals surface area contributed by atoms with E-state index in [2.05, 4.69) is 15.9 Å². The van der Waals surface area contributed by atoms with E-state index >= 15 is 0 Å². The zero-order valence-corrected chi connectivity index (χ0v) is 14.4. The molecule has 0 saturated heterocycles. The van der Waals surface area contributed by atoms with Crippen LogP contribution in [-0.4, -0.2) is 31.8 Å². The van der Waals surface area contributed by atoms with E-state index in [1.54, 1.807) is 11.0 Å².